The lowest BCUT2D eigenvalue weighted by Crippen LogP contribution is -2.41. The first-order valence-electron chi connectivity index (χ1n) is 9.00. The molecule has 1 aromatic carbocycles. The highest BCUT2D eigenvalue weighted by atomic mass is 16.2. The van der Waals surface area contributed by atoms with Crippen molar-refractivity contribution in [1.29, 1.82) is 0 Å². The van der Waals surface area contributed by atoms with Crippen molar-refractivity contribution in [3.8, 4) is 0 Å². The van der Waals surface area contributed by atoms with Crippen molar-refractivity contribution in [1.82, 2.24) is 25.5 Å². The van der Waals surface area contributed by atoms with E-state index < -0.39 is 0 Å². The Bertz CT molecular complexity index is 1000. The molecule has 8 heteroatoms. The molecule has 0 radical (unpaired) electrons. The van der Waals surface area contributed by atoms with E-state index in [4.69, 9.17) is 0 Å². The van der Waals surface area contributed by atoms with Crippen molar-refractivity contribution in [3.63, 3.8) is 0 Å². The first-order valence-corrected chi connectivity index (χ1v) is 9.00. The highest BCUT2D eigenvalue weighted by molar-refractivity contribution is 6.04. The number of hydrogen-bond donors (Lipinski definition) is 2. The second-order valence-electron chi connectivity index (χ2n) is 6.66. The predicted molar refractivity (Wildman–Crippen MR) is 102 cm³/mol. The molecule has 3 aromatic rings. The van der Waals surface area contributed by atoms with Crippen molar-refractivity contribution < 1.29 is 4.79 Å². The Kier molecular flexibility index (Phi) is 4.78. The molecule has 0 bridgehead atoms. The Morgan fingerprint density at radius 3 is 2.78 bits per heavy atom. The fourth-order valence-electron chi connectivity index (χ4n) is 3.48. The number of anilines is 1. The first kappa shape index (κ1) is 17.1. The Hall–Kier alpha value is -3.29. The van der Waals surface area contributed by atoms with Crippen LogP contribution in [0.4, 0.5) is 5.95 Å². The number of carbonyl (C=O) groups is 1. The molecular weight excluding hydrogens is 344 g/mol. The summed E-state index contributed by atoms with van der Waals surface area (Å²) >= 11 is 0. The summed E-state index contributed by atoms with van der Waals surface area (Å²) in [7, 11) is 0. The van der Waals surface area contributed by atoms with Gasteiger partial charge in [-0.05, 0) is 30.9 Å². The molecule has 2 aromatic heterocycles. The minimum absolute atomic E-state index is 0.240. The number of carbonyl (C=O) groups excluding carboxylic acids is 1. The zero-order chi connectivity index (χ0) is 18.6. The number of aromatic amines is 1. The third-order valence-corrected chi connectivity index (χ3v) is 4.82. The van der Waals surface area contributed by atoms with Crippen LogP contribution in [0.1, 0.15) is 23.3 Å². The topological polar surface area (TPSA) is 104 Å². The van der Waals surface area contributed by atoms with Gasteiger partial charge in [-0.3, -0.25) is 9.59 Å². The minimum Gasteiger partial charge on any atom is -0.350 e. The average molecular weight is 364 g/mol. The van der Waals surface area contributed by atoms with Gasteiger partial charge in [0.2, 0.25) is 5.95 Å². The van der Waals surface area contributed by atoms with E-state index in [0.717, 1.165) is 31.9 Å². The van der Waals surface area contributed by atoms with Gasteiger partial charge in [-0.1, -0.05) is 18.2 Å². The van der Waals surface area contributed by atoms with E-state index in [1.54, 1.807) is 42.7 Å². The number of benzene rings is 1. The summed E-state index contributed by atoms with van der Waals surface area (Å²) in [5, 5.41) is 10.3. The van der Waals surface area contributed by atoms with E-state index in [2.05, 4.69) is 30.4 Å². The molecule has 27 heavy (non-hydrogen) atoms. The van der Waals surface area contributed by atoms with E-state index in [0.29, 0.717) is 23.2 Å². The lowest BCUT2D eigenvalue weighted by molar-refractivity contribution is 0.0941. The van der Waals surface area contributed by atoms with Crippen LogP contribution in [0, 0.1) is 5.92 Å². The van der Waals surface area contributed by atoms with Gasteiger partial charge in [0.25, 0.3) is 11.5 Å². The van der Waals surface area contributed by atoms with Crippen LogP contribution in [0.3, 0.4) is 0 Å². The van der Waals surface area contributed by atoms with Gasteiger partial charge in [-0.25, -0.2) is 15.1 Å². The highest BCUT2D eigenvalue weighted by Crippen LogP contribution is 2.19. The van der Waals surface area contributed by atoms with Crippen LogP contribution < -0.4 is 15.8 Å². The van der Waals surface area contributed by atoms with Gasteiger partial charge in [0, 0.05) is 37.4 Å². The summed E-state index contributed by atoms with van der Waals surface area (Å²) in [6.07, 6.45) is 5.53. The highest BCUT2D eigenvalue weighted by Gasteiger charge is 2.23. The maximum Gasteiger partial charge on any atom is 0.272 e. The molecule has 0 unspecified atom stereocenters. The smallest absolute Gasteiger partial charge is 0.272 e. The van der Waals surface area contributed by atoms with E-state index in [1.165, 1.54) is 0 Å². The summed E-state index contributed by atoms with van der Waals surface area (Å²) in [4.78, 5) is 35.3. The van der Waals surface area contributed by atoms with Gasteiger partial charge in [0.05, 0.1) is 5.39 Å². The summed E-state index contributed by atoms with van der Waals surface area (Å²) < 4.78 is 0. The lowest BCUT2D eigenvalue weighted by atomic mass is 9.98. The Morgan fingerprint density at radius 2 is 1.96 bits per heavy atom. The van der Waals surface area contributed by atoms with E-state index in [9.17, 15) is 9.59 Å². The van der Waals surface area contributed by atoms with Crippen LogP contribution in [0.15, 0.2) is 47.5 Å². The Labute approximate surface area is 155 Å². The molecule has 1 saturated heterocycles. The molecule has 1 amide bonds. The fraction of sp³-hybridized carbons (Fsp3) is 0.316. The molecule has 1 fully saturated rings. The van der Waals surface area contributed by atoms with Gasteiger partial charge in [0.1, 0.15) is 0 Å². The van der Waals surface area contributed by atoms with E-state index >= 15 is 0 Å². The van der Waals surface area contributed by atoms with Crippen LogP contribution in [0.25, 0.3) is 10.8 Å². The predicted octanol–water partition coefficient (Wildman–Crippen LogP) is 1.36. The van der Waals surface area contributed by atoms with Crippen LogP contribution in [-0.4, -0.2) is 45.7 Å². The number of piperidine rings is 1. The third-order valence-electron chi connectivity index (χ3n) is 4.82. The van der Waals surface area contributed by atoms with Crippen LogP contribution >= 0.6 is 0 Å². The van der Waals surface area contributed by atoms with Gasteiger partial charge in [-0.2, -0.15) is 5.10 Å². The monoisotopic (exact) mass is 364 g/mol. The molecular formula is C19H20N6O2. The minimum atomic E-state index is -0.298. The zero-order valence-electron chi connectivity index (χ0n) is 14.8. The molecule has 1 atom stereocenters. The van der Waals surface area contributed by atoms with Crippen molar-refractivity contribution in [3.05, 3.63) is 58.8 Å². The van der Waals surface area contributed by atoms with Crippen LogP contribution in [0.2, 0.25) is 0 Å². The first-order chi connectivity index (χ1) is 13.2. The lowest BCUT2D eigenvalue weighted by Gasteiger charge is -2.32. The molecule has 3 heterocycles. The number of rotatable bonds is 4. The molecule has 0 aliphatic carbocycles. The van der Waals surface area contributed by atoms with E-state index in [1.807, 2.05) is 0 Å². The summed E-state index contributed by atoms with van der Waals surface area (Å²) in [6, 6.07) is 8.78. The fourth-order valence-corrected chi connectivity index (χ4v) is 3.48. The zero-order valence-corrected chi connectivity index (χ0v) is 14.8. The van der Waals surface area contributed by atoms with Crippen molar-refractivity contribution in [2.75, 3.05) is 24.5 Å². The number of aromatic nitrogens is 4. The standard InChI is InChI=1S/C19H20N6O2/c26-17-15-7-2-1-6-14(15)16(23-24-17)18(27)22-11-13-5-3-10-25(12-13)19-20-8-4-9-21-19/h1-2,4,6-9,13H,3,5,10-12H2,(H,22,27)(H,24,26)/t13-/m1/s1. The molecule has 1 aliphatic heterocycles. The number of fused-ring (bicyclic) bond motifs is 1. The second kappa shape index (κ2) is 7.53. The average Bonchev–Trinajstić information content (AvgIpc) is 2.73. The third kappa shape index (κ3) is 3.64. The van der Waals surface area contributed by atoms with Gasteiger partial charge >= 0.3 is 0 Å². The maximum atomic E-state index is 12.6. The van der Waals surface area contributed by atoms with Crippen molar-refractivity contribution >= 4 is 22.6 Å². The molecule has 8 nitrogen and oxygen atoms in total. The van der Waals surface area contributed by atoms with E-state index in [-0.39, 0.29) is 17.2 Å². The molecule has 0 saturated carbocycles. The Balaban J connectivity index is 1.44. The number of H-pyrrole nitrogens is 1. The number of nitrogens with zero attached hydrogens (tertiary/aromatic N) is 4. The van der Waals surface area contributed by atoms with Crippen molar-refractivity contribution in [2.24, 2.45) is 5.92 Å². The van der Waals surface area contributed by atoms with Gasteiger partial charge in [-0.15, -0.1) is 0 Å². The summed E-state index contributed by atoms with van der Waals surface area (Å²) in [5.74, 6) is 0.748. The maximum absolute atomic E-state index is 12.6. The molecule has 1 aliphatic rings. The number of amides is 1. The normalized spacial score (nSPS) is 17.0. The Morgan fingerprint density at radius 1 is 1.19 bits per heavy atom. The van der Waals surface area contributed by atoms with Crippen LogP contribution in [-0.2, 0) is 0 Å². The van der Waals surface area contributed by atoms with Gasteiger partial charge in [0.15, 0.2) is 5.69 Å². The quantitative estimate of drug-likeness (QED) is 0.724. The van der Waals surface area contributed by atoms with Crippen molar-refractivity contribution in [2.45, 2.75) is 12.8 Å². The number of hydrogen-bond acceptors (Lipinski definition) is 6. The molecule has 2 N–H and O–H groups in total. The molecule has 4 rings (SSSR count). The summed E-state index contributed by atoms with van der Waals surface area (Å²) in [6.45, 7) is 2.25. The van der Waals surface area contributed by atoms with Crippen LogP contribution in [0.5, 0.6) is 0 Å². The summed E-state index contributed by atoms with van der Waals surface area (Å²) in [5.41, 5.74) is -0.0582. The largest absolute Gasteiger partial charge is 0.350 e. The SMILES string of the molecule is O=C(NC[C@H]1CCCN(c2ncccn2)C1)c1n[nH]c(=O)c2ccccc12. The molecule has 138 valence electrons. The molecule has 0 spiro atoms. The van der Waals surface area contributed by atoms with Gasteiger partial charge < -0.3 is 10.2 Å². The number of nitrogens with one attached hydrogen (secondary N) is 2. The second-order valence-corrected chi connectivity index (χ2v) is 6.66.